The van der Waals surface area contributed by atoms with E-state index in [2.05, 4.69) is 4.98 Å². The lowest BCUT2D eigenvalue weighted by atomic mass is 10.0. The molecule has 5 heteroatoms. The second-order valence-corrected chi connectivity index (χ2v) is 6.53. The zero-order valence-electron chi connectivity index (χ0n) is 15.0. The maximum atomic E-state index is 14.2. The number of aromatic nitrogens is 1. The van der Waals surface area contributed by atoms with Gasteiger partial charge in [0.25, 0.3) is 0 Å². The van der Waals surface area contributed by atoms with Crippen molar-refractivity contribution in [2.45, 2.75) is 20.3 Å². The lowest BCUT2D eigenvalue weighted by molar-refractivity contribution is 0.0697. The van der Waals surface area contributed by atoms with Gasteiger partial charge in [-0.2, -0.15) is 0 Å². The Morgan fingerprint density at radius 2 is 1.81 bits per heavy atom. The standard InChI is InChI=1S/C22H18FNO3/c1-3-15-16-11-20(27-21(16)12(2)10-17(15)23)19-9-8-18(24-19)13-4-6-14(7-5-13)22(25)26/h4-11,24H,3H2,1-2H3,(H,25,26). The van der Waals surface area contributed by atoms with Crippen molar-refractivity contribution in [1.82, 2.24) is 4.98 Å². The van der Waals surface area contributed by atoms with E-state index in [1.807, 2.05) is 32.0 Å². The van der Waals surface area contributed by atoms with Crippen LogP contribution in [-0.2, 0) is 6.42 Å². The number of hydrogen-bond acceptors (Lipinski definition) is 2. The second-order valence-electron chi connectivity index (χ2n) is 6.53. The number of benzene rings is 2. The van der Waals surface area contributed by atoms with Crippen LogP contribution in [0.5, 0.6) is 0 Å². The molecule has 2 N–H and O–H groups in total. The third-order valence-electron chi connectivity index (χ3n) is 4.79. The molecular weight excluding hydrogens is 345 g/mol. The van der Waals surface area contributed by atoms with Crippen molar-refractivity contribution >= 4 is 16.9 Å². The van der Waals surface area contributed by atoms with Crippen LogP contribution >= 0.6 is 0 Å². The molecule has 136 valence electrons. The number of aromatic amines is 1. The van der Waals surface area contributed by atoms with Gasteiger partial charge in [-0.05, 0) is 66.4 Å². The summed E-state index contributed by atoms with van der Waals surface area (Å²) in [6.45, 7) is 3.76. The summed E-state index contributed by atoms with van der Waals surface area (Å²) in [5.74, 6) is -0.521. The third kappa shape index (κ3) is 2.91. The first-order valence-corrected chi connectivity index (χ1v) is 8.72. The minimum atomic E-state index is -0.953. The van der Waals surface area contributed by atoms with E-state index in [9.17, 15) is 9.18 Å². The van der Waals surface area contributed by atoms with E-state index in [1.54, 1.807) is 24.3 Å². The highest BCUT2D eigenvalue weighted by molar-refractivity contribution is 5.89. The first kappa shape index (κ1) is 17.1. The van der Waals surface area contributed by atoms with Crippen LogP contribution in [0, 0.1) is 12.7 Å². The van der Waals surface area contributed by atoms with Gasteiger partial charge in [0.2, 0.25) is 0 Å². The lowest BCUT2D eigenvalue weighted by Crippen LogP contribution is -1.94. The summed E-state index contributed by atoms with van der Waals surface area (Å²) >= 11 is 0. The van der Waals surface area contributed by atoms with Crippen LogP contribution in [0.4, 0.5) is 4.39 Å². The van der Waals surface area contributed by atoms with Gasteiger partial charge in [-0.25, -0.2) is 9.18 Å². The number of rotatable bonds is 4. The zero-order chi connectivity index (χ0) is 19.1. The van der Waals surface area contributed by atoms with Gasteiger partial charge in [0.1, 0.15) is 11.4 Å². The van der Waals surface area contributed by atoms with Gasteiger partial charge >= 0.3 is 5.97 Å². The molecule has 27 heavy (non-hydrogen) atoms. The summed E-state index contributed by atoms with van der Waals surface area (Å²) in [5.41, 5.74) is 4.87. The van der Waals surface area contributed by atoms with Crippen LogP contribution in [0.2, 0.25) is 0 Å². The van der Waals surface area contributed by atoms with Crippen molar-refractivity contribution < 1.29 is 18.7 Å². The number of nitrogens with one attached hydrogen (secondary N) is 1. The average molecular weight is 363 g/mol. The van der Waals surface area contributed by atoms with Gasteiger partial charge in [-0.15, -0.1) is 0 Å². The number of hydrogen-bond donors (Lipinski definition) is 2. The monoisotopic (exact) mass is 363 g/mol. The Bertz CT molecular complexity index is 1150. The maximum Gasteiger partial charge on any atom is 0.335 e. The minimum absolute atomic E-state index is 0.208. The van der Waals surface area contributed by atoms with Crippen LogP contribution in [0.15, 0.2) is 52.9 Å². The molecule has 0 unspecified atom stereocenters. The molecule has 0 amide bonds. The van der Waals surface area contributed by atoms with Crippen molar-refractivity contribution in [1.29, 1.82) is 0 Å². The first-order chi connectivity index (χ1) is 13.0. The van der Waals surface area contributed by atoms with E-state index in [0.717, 1.165) is 27.9 Å². The molecule has 0 aliphatic rings. The Balaban J connectivity index is 1.75. The number of carbonyl (C=O) groups is 1. The molecule has 2 aromatic carbocycles. The van der Waals surface area contributed by atoms with E-state index in [-0.39, 0.29) is 11.4 Å². The van der Waals surface area contributed by atoms with Crippen molar-refractivity contribution in [2.24, 2.45) is 0 Å². The topological polar surface area (TPSA) is 66.2 Å². The molecule has 2 heterocycles. The summed E-state index contributed by atoms with van der Waals surface area (Å²) in [6, 6.07) is 13.8. The van der Waals surface area contributed by atoms with Crippen molar-refractivity contribution in [3.05, 3.63) is 71.0 Å². The molecular formula is C22H18FNO3. The average Bonchev–Trinajstić information content (AvgIpc) is 3.29. The molecule has 0 bridgehead atoms. The Hall–Kier alpha value is -3.34. The molecule has 4 aromatic rings. The highest BCUT2D eigenvalue weighted by Gasteiger charge is 2.16. The van der Waals surface area contributed by atoms with Crippen LogP contribution in [0.1, 0.15) is 28.4 Å². The molecule has 0 aliphatic heterocycles. The number of fused-ring (bicyclic) bond motifs is 1. The van der Waals surface area contributed by atoms with Crippen molar-refractivity contribution in [3.63, 3.8) is 0 Å². The number of aryl methyl sites for hydroxylation is 2. The van der Waals surface area contributed by atoms with Crippen LogP contribution in [0.25, 0.3) is 33.7 Å². The fourth-order valence-electron chi connectivity index (χ4n) is 3.37. The minimum Gasteiger partial charge on any atom is -0.478 e. The number of aromatic carboxylic acids is 1. The number of carboxylic acids is 1. The molecule has 2 aromatic heterocycles. The predicted octanol–water partition coefficient (Wildman–Crippen LogP) is 5.80. The van der Waals surface area contributed by atoms with Crippen molar-refractivity contribution in [2.75, 3.05) is 0 Å². The summed E-state index contributed by atoms with van der Waals surface area (Å²) < 4.78 is 20.2. The summed E-state index contributed by atoms with van der Waals surface area (Å²) in [5, 5.41) is 9.80. The predicted molar refractivity (Wildman–Crippen MR) is 102 cm³/mol. The van der Waals surface area contributed by atoms with Crippen LogP contribution in [-0.4, -0.2) is 16.1 Å². The lowest BCUT2D eigenvalue weighted by Gasteiger charge is -2.02. The Morgan fingerprint density at radius 3 is 2.48 bits per heavy atom. The molecule has 4 nitrogen and oxygen atoms in total. The fraction of sp³-hybridized carbons (Fsp3) is 0.136. The first-order valence-electron chi connectivity index (χ1n) is 8.72. The Kier molecular flexibility index (Phi) is 4.07. The highest BCUT2D eigenvalue weighted by Crippen LogP contribution is 2.34. The van der Waals surface area contributed by atoms with E-state index in [1.165, 1.54) is 6.07 Å². The number of furan rings is 1. The number of carboxylic acid groups (broad SMARTS) is 1. The van der Waals surface area contributed by atoms with E-state index in [0.29, 0.717) is 23.3 Å². The SMILES string of the molecule is CCc1c(F)cc(C)c2oc(-c3ccc(-c4ccc(C(=O)O)cc4)[nH]3)cc12. The van der Waals surface area contributed by atoms with Gasteiger partial charge in [0.15, 0.2) is 5.76 Å². The fourth-order valence-corrected chi connectivity index (χ4v) is 3.37. The maximum absolute atomic E-state index is 14.2. The zero-order valence-corrected chi connectivity index (χ0v) is 15.0. The molecule has 0 radical (unpaired) electrons. The highest BCUT2D eigenvalue weighted by atomic mass is 19.1. The molecule has 0 saturated heterocycles. The second kappa shape index (κ2) is 6.43. The molecule has 0 saturated carbocycles. The van der Waals surface area contributed by atoms with Gasteiger partial charge in [0.05, 0.1) is 11.3 Å². The van der Waals surface area contributed by atoms with Crippen LogP contribution in [0.3, 0.4) is 0 Å². The quantitative estimate of drug-likeness (QED) is 0.481. The van der Waals surface area contributed by atoms with Crippen molar-refractivity contribution in [3.8, 4) is 22.7 Å². The normalized spacial score (nSPS) is 11.2. The molecule has 0 atom stereocenters. The van der Waals surface area contributed by atoms with E-state index < -0.39 is 5.97 Å². The Labute approximate surface area is 155 Å². The number of H-pyrrole nitrogens is 1. The van der Waals surface area contributed by atoms with E-state index >= 15 is 0 Å². The summed E-state index contributed by atoms with van der Waals surface area (Å²) in [6.07, 6.45) is 0.591. The molecule has 0 fully saturated rings. The summed E-state index contributed by atoms with van der Waals surface area (Å²) in [7, 11) is 0. The molecule has 4 rings (SSSR count). The molecule has 0 aliphatic carbocycles. The van der Waals surface area contributed by atoms with E-state index in [4.69, 9.17) is 9.52 Å². The molecule has 0 spiro atoms. The van der Waals surface area contributed by atoms with Gasteiger partial charge in [-0.3, -0.25) is 0 Å². The van der Waals surface area contributed by atoms with Gasteiger partial charge in [-0.1, -0.05) is 19.1 Å². The Morgan fingerprint density at radius 1 is 1.11 bits per heavy atom. The number of halogens is 1. The van der Waals surface area contributed by atoms with Gasteiger partial charge in [0, 0.05) is 11.1 Å². The third-order valence-corrected chi connectivity index (χ3v) is 4.79. The van der Waals surface area contributed by atoms with Gasteiger partial charge < -0.3 is 14.5 Å². The largest absolute Gasteiger partial charge is 0.478 e. The smallest absolute Gasteiger partial charge is 0.335 e. The van der Waals surface area contributed by atoms with Crippen LogP contribution < -0.4 is 0 Å². The summed E-state index contributed by atoms with van der Waals surface area (Å²) in [4.78, 5) is 14.3.